The van der Waals surface area contributed by atoms with Crippen molar-refractivity contribution in [2.75, 3.05) is 0 Å². The number of nitrogens with zero attached hydrogens (tertiary/aromatic N) is 2. The third-order valence-corrected chi connectivity index (χ3v) is 2.86. The third-order valence-electron chi connectivity index (χ3n) is 2.86. The van der Waals surface area contributed by atoms with E-state index in [1.807, 2.05) is 35.3 Å². The summed E-state index contributed by atoms with van der Waals surface area (Å²) in [6.45, 7) is 0. The molecule has 0 saturated carbocycles. The monoisotopic (exact) mass is 282 g/mol. The van der Waals surface area contributed by atoms with Crippen LogP contribution in [-0.4, -0.2) is 27.0 Å². The minimum atomic E-state index is -0.775. The van der Waals surface area contributed by atoms with E-state index >= 15 is 0 Å². The fourth-order valence-electron chi connectivity index (χ4n) is 1.87. The Morgan fingerprint density at radius 2 is 1.86 bits per heavy atom. The Bertz CT molecular complexity index is 888. The average Bonchev–Trinajstić information content (AvgIpc) is 2.92. The number of hydrogen-bond acceptors (Lipinski definition) is 5. The molecule has 3 N–H and O–H groups in total. The van der Waals surface area contributed by atoms with Crippen molar-refractivity contribution < 1.29 is 5.11 Å². The van der Waals surface area contributed by atoms with Crippen LogP contribution in [0.5, 0.6) is 5.88 Å². The molecule has 0 atom stereocenters. The standard InChI is InChI=1S/C14H10N4O3/c19-12-9(13(20)18-14(21)17-12)6-11-15-7-10(16-11)8-4-2-1-3-5-8/h1-7H,(H3,17,18,19,20,21). The lowest BCUT2D eigenvalue weighted by Gasteiger charge is -1.97. The van der Waals surface area contributed by atoms with E-state index in [2.05, 4.69) is 15.0 Å². The van der Waals surface area contributed by atoms with Gasteiger partial charge in [0.2, 0.25) is 5.88 Å². The molecule has 0 bridgehead atoms. The zero-order valence-corrected chi connectivity index (χ0v) is 10.7. The molecule has 2 heterocycles. The Hall–Kier alpha value is -3.22. The molecule has 1 aliphatic rings. The predicted octanol–water partition coefficient (Wildman–Crippen LogP) is 0.641. The van der Waals surface area contributed by atoms with Crippen molar-refractivity contribution in [2.24, 2.45) is 9.98 Å². The van der Waals surface area contributed by atoms with Crippen LogP contribution in [0.3, 0.4) is 0 Å². The van der Waals surface area contributed by atoms with Gasteiger partial charge in [-0.15, -0.1) is 0 Å². The summed E-state index contributed by atoms with van der Waals surface area (Å²) in [5.41, 5.74) is -0.0309. The topological polar surface area (TPSA) is 111 Å². The highest BCUT2D eigenvalue weighted by atomic mass is 16.3. The van der Waals surface area contributed by atoms with Crippen LogP contribution in [0.1, 0.15) is 11.1 Å². The highest BCUT2D eigenvalue weighted by Gasteiger charge is 2.11. The maximum absolute atomic E-state index is 11.6. The minimum absolute atomic E-state index is 0.0974. The van der Waals surface area contributed by atoms with Crippen LogP contribution in [0.4, 0.5) is 0 Å². The first-order chi connectivity index (χ1) is 10.1. The Balaban J connectivity index is 2.01. The van der Waals surface area contributed by atoms with E-state index in [0.29, 0.717) is 5.71 Å². The molecular formula is C14H10N4O3. The van der Waals surface area contributed by atoms with Crippen LogP contribution in [-0.2, 0) is 0 Å². The van der Waals surface area contributed by atoms with E-state index in [1.165, 1.54) is 6.08 Å². The van der Waals surface area contributed by atoms with Gasteiger partial charge < -0.3 is 5.11 Å². The molecule has 0 fully saturated rings. The summed E-state index contributed by atoms with van der Waals surface area (Å²) >= 11 is 0. The summed E-state index contributed by atoms with van der Waals surface area (Å²) in [7, 11) is 0. The number of aromatic hydroxyl groups is 1. The first kappa shape index (κ1) is 12.8. The highest BCUT2D eigenvalue weighted by molar-refractivity contribution is 6.40. The van der Waals surface area contributed by atoms with Gasteiger partial charge in [0.1, 0.15) is 5.56 Å². The summed E-state index contributed by atoms with van der Waals surface area (Å²) in [6.07, 6.45) is 2.87. The first-order valence-corrected chi connectivity index (χ1v) is 6.09. The molecule has 1 aromatic carbocycles. The Labute approximate surface area is 118 Å². The second kappa shape index (κ2) is 5.04. The maximum atomic E-state index is 11.6. The molecule has 1 aromatic heterocycles. The molecule has 7 heteroatoms. The second-order valence-corrected chi connectivity index (χ2v) is 4.29. The summed E-state index contributed by atoms with van der Waals surface area (Å²) in [6, 6.07) is 9.43. The van der Waals surface area contributed by atoms with E-state index in [-0.39, 0.29) is 11.4 Å². The van der Waals surface area contributed by atoms with Crippen LogP contribution in [0.25, 0.3) is 6.08 Å². The number of nitrogens with one attached hydrogen (secondary N) is 2. The third kappa shape index (κ3) is 2.57. The van der Waals surface area contributed by atoms with Crippen molar-refractivity contribution in [3.8, 4) is 5.88 Å². The van der Waals surface area contributed by atoms with E-state index in [1.54, 1.807) is 6.21 Å². The first-order valence-electron chi connectivity index (χ1n) is 6.09. The molecule has 21 heavy (non-hydrogen) atoms. The Morgan fingerprint density at radius 1 is 1.10 bits per heavy atom. The van der Waals surface area contributed by atoms with Gasteiger partial charge in [0.15, 0.2) is 5.82 Å². The van der Waals surface area contributed by atoms with Gasteiger partial charge in [-0.2, -0.15) is 0 Å². The van der Waals surface area contributed by atoms with Crippen molar-refractivity contribution in [2.45, 2.75) is 0 Å². The number of aliphatic imine (C=N–C) groups is 2. The van der Waals surface area contributed by atoms with Gasteiger partial charge in [0, 0.05) is 11.6 Å². The fourth-order valence-corrected chi connectivity index (χ4v) is 1.87. The quantitative estimate of drug-likeness (QED) is 0.751. The lowest BCUT2D eigenvalue weighted by atomic mass is 10.1. The normalized spacial score (nSPS) is 15.4. The average molecular weight is 282 g/mol. The number of aromatic nitrogens is 2. The molecule has 0 saturated heterocycles. The highest BCUT2D eigenvalue weighted by Crippen LogP contribution is 2.16. The predicted molar refractivity (Wildman–Crippen MR) is 78.8 cm³/mol. The van der Waals surface area contributed by atoms with Crippen molar-refractivity contribution >= 4 is 18.0 Å². The summed E-state index contributed by atoms with van der Waals surface area (Å²) in [5, 5.41) is 9.59. The van der Waals surface area contributed by atoms with Gasteiger partial charge in [-0.1, -0.05) is 30.3 Å². The maximum Gasteiger partial charge on any atom is 0.328 e. The smallest absolute Gasteiger partial charge is 0.328 e. The van der Waals surface area contributed by atoms with Gasteiger partial charge in [0.25, 0.3) is 5.56 Å². The van der Waals surface area contributed by atoms with Crippen LogP contribution in [0.2, 0.25) is 0 Å². The van der Waals surface area contributed by atoms with Crippen LogP contribution >= 0.6 is 0 Å². The second-order valence-electron chi connectivity index (χ2n) is 4.29. The number of benzene rings is 1. The summed E-state index contributed by atoms with van der Waals surface area (Å²) < 4.78 is 0. The van der Waals surface area contributed by atoms with E-state index in [9.17, 15) is 14.7 Å². The molecule has 0 radical (unpaired) electrons. The number of aromatic amines is 2. The largest absolute Gasteiger partial charge is 0.494 e. The zero-order valence-electron chi connectivity index (χ0n) is 10.7. The van der Waals surface area contributed by atoms with Gasteiger partial charge >= 0.3 is 5.69 Å². The molecule has 2 aromatic rings. The zero-order chi connectivity index (χ0) is 14.8. The molecule has 1 aliphatic heterocycles. The molecule has 0 aliphatic carbocycles. The van der Waals surface area contributed by atoms with Crippen molar-refractivity contribution in [3.63, 3.8) is 0 Å². The molecule has 7 nitrogen and oxygen atoms in total. The van der Waals surface area contributed by atoms with Crippen molar-refractivity contribution in [1.82, 2.24) is 9.97 Å². The van der Waals surface area contributed by atoms with Crippen LogP contribution in [0, 0.1) is 0 Å². The van der Waals surface area contributed by atoms with Gasteiger partial charge in [-0.05, 0) is 0 Å². The number of hydrogen-bond donors (Lipinski definition) is 3. The number of rotatable bonds is 2. The van der Waals surface area contributed by atoms with Gasteiger partial charge in [-0.25, -0.2) is 14.8 Å². The van der Waals surface area contributed by atoms with Gasteiger partial charge in [0.05, 0.1) is 11.9 Å². The SMILES string of the molecule is O=c1[nH]c(O)c(C=C2N=CC(c3ccccc3)=N2)c(=O)[nH]1. The summed E-state index contributed by atoms with van der Waals surface area (Å²) in [4.78, 5) is 35.1. The van der Waals surface area contributed by atoms with Crippen LogP contribution < -0.4 is 11.2 Å². The van der Waals surface area contributed by atoms with Gasteiger partial charge in [-0.3, -0.25) is 14.8 Å². The molecule has 104 valence electrons. The van der Waals surface area contributed by atoms with E-state index < -0.39 is 17.1 Å². The summed E-state index contributed by atoms with van der Waals surface area (Å²) in [5.74, 6) is -0.253. The lowest BCUT2D eigenvalue weighted by molar-refractivity contribution is 0.447. The van der Waals surface area contributed by atoms with E-state index in [4.69, 9.17) is 0 Å². The Morgan fingerprint density at radius 3 is 2.57 bits per heavy atom. The molecule has 0 amide bonds. The lowest BCUT2D eigenvalue weighted by Crippen LogP contribution is -2.23. The molecule has 0 unspecified atom stereocenters. The van der Waals surface area contributed by atoms with E-state index in [0.717, 1.165) is 5.56 Å². The van der Waals surface area contributed by atoms with Crippen molar-refractivity contribution in [1.29, 1.82) is 0 Å². The number of H-pyrrole nitrogens is 2. The van der Waals surface area contributed by atoms with Crippen LogP contribution in [0.15, 0.2) is 55.7 Å². The minimum Gasteiger partial charge on any atom is -0.494 e. The molecule has 3 rings (SSSR count). The molecule has 0 spiro atoms. The molecular weight excluding hydrogens is 272 g/mol. The Kier molecular flexibility index (Phi) is 3.07. The van der Waals surface area contributed by atoms with Crippen molar-refractivity contribution in [3.05, 3.63) is 68.1 Å². The fraction of sp³-hybridized carbons (Fsp3) is 0.